The molecule has 12 heteroatoms. The summed E-state index contributed by atoms with van der Waals surface area (Å²) in [6.07, 6.45) is 56.2. The molecule has 0 rings (SSSR count). The normalized spacial score (nSPS) is 13.8. The Bertz CT molecular complexity index is 1410. The van der Waals surface area contributed by atoms with E-state index in [4.69, 9.17) is 23.3 Å². The molecule has 0 bridgehead atoms. The molecule has 0 aromatic carbocycles. The quantitative estimate of drug-likeness (QED) is 0.0197. The van der Waals surface area contributed by atoms with Gasteiger partial charge in [-0.15, -0.1) is 0 Å². The molecule has 0 aliphatic rings. The molecule has 0 heterocycles. The molecule has 11 nitrogen and oxygen atoms in total. The summed E-state index contributed by atoms with van der Waals surface area (Å²) < 4.78 is 39.4. The van der Waals surface area contributed by atoms with Gasteiger partial charge in [0.15, 0.2) is 6.10 Å². The van der Waals surface area contributed by atoms with Crippen LogP contribution in [0.25, 0.3) is 0 Å². The van der Waals surface area contributed by atoms with Gasteiger partial charge in [0.2, 0.25) is 0 Å². The molecule has 0 aromatic heterocycles. The number of carbonyl (C=O) groups is 3. The maximum Gasteiger partial charge on any atom is 0.472 e. The summed E-state index contributed by atoms with van der Waals surface area (Å²) in [6, 6.07) is 0. The van der Waals surface area contributed by atoms with Crippen molar-refractivity contribution in [2.75, 3.05) is 26.4 Å². The van der Waals surface area contributed by atoms with E-state index in [0.29, 0.717) is 19.3 Å². The van der Waals surface area contributed by atoms with E-state index in [1.54, 1.807) is 0 Å². The summed E-state index contributed by atoms with van der Waals surface area (Å²) in [5.41, 5.74) is 0. The molecule has 3 atom stereocenters. The SMILES string of the molecule is CC/C=C\C/C=C\C/C=C\C/C=C\CCCCCCC(=O)OC(COC(=O)CCCCCCCCCCC)COP(=O)(O)OCC(CO)OC(=O)CCCCCCCCC/C=C\CCCCCCCC. The highest BCUT2D eigenvalue weighted by molar-refractivity contribution is 7.47. The van der Waals surface area contributed by atoms with E-state index in [1.165, 1.54) is 96.3 Å². The molecular formula is C58H103O11P. The molecule has 0 aliphatic carbocycles. The van der Waals surface area contributed by atoms with Gasteiger partial charge >= 0.3 is 25.7 Å². The van der Waals surface area contributed by atoms with Gasteiger partial charge in [-0.05, 0) is 83.5 Å². The van der Waals surface area contributed by atoms with Crippen LogP contribution in [0.1, 0.15) is 252 Å². The zero-order chi connectivity index (χ0) is 51.3. The Hall–Kier alpha value is -2.82. The minimum atomic E-state index is -4.75. The largest absolute Gasteiger partial charge is 0.472 e. The van der Waals surface area contributed by atoms with Gasteiger partial charge in [0.05, 0.1) is 19.8 Å². The van der Waals surface area contributed by atoms with Crippen molar-refractivity contribution in [2.45, 2.75) is 264 Å². The third-order valence-electron chi connectivity index (χ3n) is 11.9. The topological polar surface area (TPSA) is 155 Å². The lowest BCUT2D eigenvalue weighted by Crippen LogP contribution is -2.30. The van der Waals surface area contributed by atoms with Gasteiger partial charge in [-0.3, -0.25) is 23.4 Å². The number of aliphatic hydroxyl groups is 1. The summed E-state index contributed by atoms with van der Waals surface area (Å²) in [4.78, 5) is 48.4. The lowest BCUT2D eigenvalue weighted by atomic mass is 10.1. The molecule has 2 N–H and O–H groups in total. The van der Waals surface area contributed by atoms with Crippen LogP contribution in [0.5, 0.6) is 0 Å². The second-order valence-corrected chi connectivity index (χ2v) is 20.2. The van der Waals surface area contributed by atoms with Crippen molar-refractivity contribution in [1.29, 1.82) is 0 Å². The highest BCUT2D eigenvalue weighted by Gasteiger charge is 2.28. The van der Waals surface area contributed by atoms with E-state index in [2.05, 4.69) is 81.5 Å². The predicted molar refractivity (Wildman–Crippen MR) is 288 cm³/mol. The van der Waals surface area contributed by atoms with Crippen molar-refractivity contribution in [2.24, 2.45) is 0 Å². The Balaban J connectivity index is 4.66. The summed E-state index contributed by atoms with van der Waals surface area (Å²) in [7, 11) is -4.75. The number of allylic oxidation sites excluding steroid dienone is 10. The molecule has 3 unspecified atom stereocenters. The molecular weight excluding hydrogens is 904 g/mol. The first kappa shape index (κ1) is 67.2. The van der Waals surface area contributed by atoms with Crippen LogP contribution in [-0.4, -0.2) is 66.5 Å². The molecule has 0 fully saturated rings. The van der Waals surface area contributed by atoms with Crippen molar-refractivity contribution >= 4 is 25.7 Å². The van der Waals surface area contributed by atoms with Crippen LogP contribution in [0.2, 0.25) is 0 Å². The van der Waals surface area contributed by atoms with Crippen molar-refractivity contribution < 1.29 is 52.2 Å². The standard InChI is InChI=1S/C58H103O11P/c1-4-7-10-13-16-19-21-23-25-27-29-31-33-36-39-42-45-48-57(61)68-54(50-59)52-66-70(63,64)67-53-55(51-65-56(60)47-44-41-38-35-18-15-12-9-6-3)69-58(62)49-46-43-40-37-34-32-30-28-26-24-22-20-17-14-11-8-5-2/h8,11,17,20,23-26,30,32,54-55,59H,4-7,9-10,12-16,18-19,21-22,27-29,31,33-53H2,1-3H3,(H,63,64)/b11-8-,20-17-,25-23-,26-24-,32-30-. The molecule has 406 valence electrons. The number of unbranched alkanes of at least 4 members (excludes halogenated alkanes) is 25. The minimum Gasteiger partial charge on any atom is -0.462 e. The van der Waals surface area contributed by atoms with Gasteiger partial charge < -0.3 is 24.2 Å². The molecule has 0 aromatic rings. The van der Waals surface area contributed by atoms with Crippen molar-refractivity contribution in [3.05, 3.63) is 60.8 Å². The number of ether oxygens (including phenoxy) is 3. The molecule has 0 saturated carbocycles. The molecule has 0 spiro atoms. The van der Waals surface area contributed by atoms with Gasteiger partial charge in [-0.25, -0.2) is 4.57 Å². The van der Waals surface area contributed by atoms with Crippen LogP contribution in [-0.2, 0) is 42.2 Å². The summed E-state index contributed by atoms with van der Waals surface area (Å²) in [5.74, 6) is -1.49. The van der Waals surface area contributed by atoms with Gasteiger partial charge in [0.25, 0.3) is 0 Å². The molecule has 0 aliphatic heterocycles. The first-order chi connectivity index (χ1) is 34.2. The van der Waals surface area contributed by atoms with E-state index >= 15 is 0 Å². The van der Waals surface area contributed by atoms with Crippen LogP contribution in [0.15, 0.2) is 60.8 Å². The molecule has 70 heavy (non-hydrogen) atoms. The number of esters is 3. The Morgan fingerprint density at radius 1 is 0.414 bits per heavy atom. The third kappa shape index (κ3) is 50.1. The zero-order valence-electron chi connectivity index (χ0n) is 44.7. The third-order valence-corrected chi connectivity index (χ3v) is 12.9. The van der Waals surface area contributed by atoms with Crippen LogP contribution in [0.4, 0.5) is 0 Å². The Labute approximate surface area is 427 Å². The fourth-order valence-electron chi connectivity index (χ4n) is 7.64. The van der Waals surface area contributed by atoms with Crippen molar-refractivity contribution in [1.82, 2.24) is 0 Å². The zero-order valence-corrected chi connectivity index (χ0v) is 45.6. The average Bonchev–Trinajstić information content (AvgIpc) is 3.35. The molecule has 0 radical (unpaired) electrons. The fourth-order valence-corrected chi connectivity index (χ4v) is 8.42. The van der Waals surface area contributed by atoms with Crippen molar-refractivity contribution in [3.8, 4) is 0 Å². The number of hydrogen-bond donors (Lipinski definition) is 2. The summed E-state index contributed by atoms with van der Waals surface area (Å²) in [6.45, 7) is 4.48. The van der Waals surface area contributed by atoms with Gasteiger partial charge in [-0.1, -0.05) is 210 Å². The van der Waals surface area contributed by atoms with E-state index in [-0.39, 0.29) is 25.9 Å². The van der Waals surface area contributed by atoms with E-state index in [1.807, 2.05) is 0 Å². The highest BCUT2D eigenvalue weighted by Crippen LogP contribution is 2.43. The number of phosphoric ester groups is 1. The number of phosphoric acid groups is 1. The molecule has 0 saturated heterocycles. The van der Waals surface area contributed by atoms with Crippen molar-refractivity contribution in [3.63, 3.8) is 0 Å². The highest BCUT2D eigenvalue weighted by atomic mass is 31.2. The second kappa shape index (κ2) is 52.5. The number of hydrogen-bond acceptors (Lipinski definition) is 10. The van der Waals surface area contributed by atoms with Gasteiger partial charge in [0.1, 0.15) is 12.7 Å². The lowest BCUT2D eigenvalue weighted by Gasteiger charge is -2.21. The number of aliphatic hydroxyl groups excluding tert-OH is 1. The average molecular weight is 1010 g/mol. The van der Waals surface area contributed by atoms with Gasteiger partial charge in [0, 0.05) is 19.3 Å². The first-order valence-corrected chi connectivity index (χ1v) is 29.7. The van der Waals surface area contributed by atoms with E-state index in [9.17, 15) is 28.9 Å². The minimum absolute atomic E-state index is 0.140. The van der Waals surface area contributed by atoms with Crippen LogP contribution in [0, 0.1) is 0 Å². The fraction of sp³-hybridized carbons (Fsp3) is 0.776. The van der Waals surface area contributed by atoms with E-state index < -0.39 is 57.8 Å². The first-order valence-electron chi connectivity index (χ1n) is 28.2. The van der Waals surface area contributed by atoms with E-state index in [0.717, 1.165) is 96.3 Å². The molecule has 0 amide bonds. The maximum atomic E-state index is 12.9. The second-order valence-electron chi connectivity index (χ2n) is 18.7. The Morgan fingerprint density at radius 2 is 0.743 bits per heavy atom. The Morgan fingerprint density at radius 3 is 1.16 bits per heavy atom. The van der Waals surface area contributed by atoms with Crippen LogP contribution in [0.3, 0.4) is 0 Å². The smallest absolute Gasteiger partial charge is 0.462 e. The van der Waals surface area contributed by atoms with Gasteiger partial charge in [-0.2, -0.15) is 0 Å². The summed E-state index contributed by atoms with van der Waals surface area (Å²) in [5, 5.41) is 9.80. The maximum absolute atomic E-state index is 12.9. The monoisotopic (exact) mass is 1010 g/mol. The predicted octanol–water partition coefficient (Wildman–Crippen LogP) is 16.4. The number of carbonyl (C=O) groups excluding carboxylic acids is 3. The summed E-state index contributed by atoms with van der Waals surface area (Å²) >= 11 is 0. The van der Waals surface area contributed by atoms with Crippen LogP contribution < -0.4 is 0 Å². The number of rotatable bonds is 52. The van der Waals surface area contributed by atoms with Crippen LogP contribution >= 0.6 is 7.82 Å². The Kier molecular flexibility index (Phi) is 50.4. The lowest BCUT2D eigenvalue weighted by molar-refractivity contribution is -0.161.